The maximum Gasteiger partial charge on any atom is 0.499 e. The van der Waals surface area contributed by atoms with Crippen molar-refractivity contribution in [2.24, 2.45) is 0 Å². The van der Waals surface area contributed by atoms with Crippen LogP contribution in [0.2, 0.25) is 0 Å². The molecule has 3 unspecified atom stereocenters. The summed E-state index contributed by atoms with van der Waals surface area (Å²) in [5.74, 6) is 0.263. The van der Waals surface area contributed by atoms with Gasteiger partial charge in [-0.05, 0) is 0 Å². The molecule has 1 aliphatic rings. The Balaban J connectivity index is 2.23. The number of aliphatic hydroxyl groups excluding tert-OH is 2. The van der Waals surface area contributed by atoms with Crippen LogP contribution in [0.1, 0.15) is 12.6 Å². The van der Waals surface area contributed by atoms with Crippen LogP contribution in [-0.2, 0) is 4.74 Å². The zero-order chi connectivity index (χ0) is 11.7. The molecule has 0 aromatic carbocycles. The third-order valence-corrected chi connectivity index (χ3v) is 2.59. The highest BCUT2D eigenvalue weighted by Crippen LogP contribution is 2.23. The van der Waals surface area contributed by atoms with Gasteiger partial charge in [0.05, 0.1) is 12.7 Å². The monoisotopic (exact) mass is 228 g/mol. The maximum atomic E-state index is 11.5. The Bertz CT molecular complexity index is 433. The van der Waals surface area contributed by atoms with E-state index in [0.29, 0.717) is 0 Å². The maximum absolute atomic E-state index is 11.5. The Morgan fingerprint density at radius 3 is 3.00 bits per heavy atom. The highest BCUT2D eigenvalue weighted by atomic mass is 16.5. The van der Waals surface area contributed by atoms with Crippen molar-refractivity contribution in [3.63, 3.8) is 0 Å². The number of aromatic nitrogens is 2. The van der Waals surface area contributed by atoms with E-state index >= 15 is 0 Å². The Hall–Kier alpha value is -1.44. The third-order valence-electron chi connectivity index (χ3n) is 2.59. The summed E-state index contributed by atoms with van der Waals surface area (Å²) in [6.45, 7) is -0.273. The topological polar surface area (TPSA) is 112 Å². The minimum atomic E-state index is -0.764. The summed E-state index contributed by atoms with van der Waals surface area (Å²) in [5.41, 5.74) is 5.00. The number of aromatic amines is 1. The van der Waals surface area contributed by atoms with Crippen molar-refractivity contribution in [3.8, 4) is 0 Å². The number of rotatable bonds is 2. The molecule has 2 heterocycles. The van der Waals surface area contributed by atoms with Crippen molar-refractivity contribution in [1.29, 1.82) is 0 Å². The second-order valence-corrected chi connectivity index (χ2v) is 3.72. The van der Waals surface area contributed by atoms with E-state index in [0.717, 1.165) is 0 Å². The van der Waals surface area contributed by atoms with Crippen LogP contribution in [0, 0.1) is 0 Å². The Morgan fingerprint density at radius 2 is 2.44 bits per heavy atom. The molecule has 0 saturated carbocycles. The first kappa shape index (κ1) is 11.1. The van der Waals surface area contributed by atoms with E-state index in [1.54, 1.807) is 0 Å². The van der Waals surface area contributed by atoms with E-state index in [1.165, 1.54) is 16.8 Å². The van der Waals surface area contributed by atoms with Gasteiger partial charge in [-0.15, -0.1) is 0 Å². The first-order chi connectivity index (χ1) is 7.61. The van der Waals surface area contributed by atoms with E-state index in [4.69, 9.17) is 15.6 Å². The first-order valence-corrected chi connectivity index (χ1v) is 4.96. The summed E-state index contributed by atoms with van der Waals surface area (Å²) in [4.78, 5) is 14.0. The normalized spacial score (nSPS) is 29.5. The molecular weight excluding hydrogens is 214 g/mol. The molecule has 16 heavy (non-hydrogen) atoms. The van der Waals surface area contributed by atoms with Gasteiger partial charge in [0.1, 0.15) is 12.3 Å². The fourth-order valence-corrected chi connectivity index (χ4v) is 1.73. The molecule has 88 valence electrons. The lowest BCUT2D eigenvalue weighted by molar-refractivity contribution is -0.773. The van der Waals surface area contributed by atoms with Crippen LogP contribution in [0.25, 0.3) is 0 Å². The van der Waals surface area contributed by atoms with Crippen molar-refractivity contribution in [2.75, 3.05) is 12.3 Å². The molecule has 3 atom stereocenters. The second kappa shape index (κ2) is 4.20. The van der Waals surface area contributed by atoms with Crippen LogP contribution in [0.3, 0.4) is 0 Å². The lowest BCUT2D eigenvalue weighted by Crippen LogP contribution is -2.54. The van der Waals surface area contributed by atoms with Gasteiger partial charge in [0, 0.05) is 12.5 Å². The number of H-pyrrole nitrogens is 1. The number of nitrogens with two attached hydrogens (primary N) is 1. The number of aliphatic hydroxyl groups is 2. The average molecular weight is 228 g/mol. The summed E-state index contributed by atoms with van der Waals surface area (Å²) < 4.78 is 6.63. The van der Waals surface area contributed by atoms with Crippen molar-refractivity contribution in [3.05, 3.63) is 22.7 Å². The molecule has 7 nitrogen and oxygen atoms in total. The van der Waals surface area contributed by atoms with E-state index < -0.39 is 24.1 Å². The highest BCUT2D eigenvalue weighted by Gasteiger charge is 2.37. The Kier molecular flexibility index (Phi) is 2.90. The molecule has 0 bridgehead atoms. The van der Waals surface area contributed by atoms with Gasteiger partial charge >= 0.3 is 5.69 Å². The van der Waals surface area contributed by atoms with Gasteiger partial charge in [0.15, 0.2) is 5.82 Å². The fraction of sp³-hybridized carbons (Fsp3) is 0.556. The van der Waals surface area contributed by atoms with Crippen LogP contribution in [0.4, 0.5) is 5.82 Å². The van der Waals surface area contributed by atoms with Gasteiger partial charge < -0.3 is 20.7 Å². The van der Waals surface area contributed by atoms with Crippen LogP contribution < -0.4 is 16.0 Å². The van der Waals surface area contributed by atoms with Crippen molar-refractivity contribution < 1.29 is 19.5 Å². The lowest BCUT2D eigenvalue weighted by Gasteiger charge is -2.09. The number of nitrogen functional groups attached to an aromatic ring is 1. The largest absolute Gasteiger partial charge is 0.499 e. The molecule has 5 N–H and O–H groups in total. The van der Waals surface area contributed by atoms with E-state index in [9.17, 15) is 9.90 Å². The number of nitrogens with zero attached hydrogens (tertiary/aromatic N) is 1. The summed E-state index contributed by atoms with van der Waals surface area (Å²) in [7, 11) is 0. The van der Waals surface area contributed by atoms with Gasteiger partial charge in [-0.2, -0.15) is 14.3 Å². The summed E-state index contributed by atoms with van der Waals surface area (Å²) in [6.07, 6.45) is -0.223. The quantitative estimate of drug-likeness (QED) is 0.432. The third kappa shape index (κ3) is 1.92. The van der Waals surface area contributed by atoms with E-state index in [-0.39, 0.29) is 18.8 Å². The SMILES string of the molecule is Nc1cc[n+](C2CC(O)C(CO)O2)c(=O)[nH]1. The molecule has 1 fully saturated rings. The molecule has 2 rings (SSSR count). The van der Waals surface area contributed by atoms with Gasteiger partial charge in [0.2, 0.25) is 6.23 Å². The van der Waals surface area contributed by atoms with Crippen molar-refractivity contribution in [2.45, 2.75) is 24.9 Å². The Morgan fingerprint density at radius 1 is 1.69 bits per heavy atom. The average Bonchev–Trinajstić information content (AvgIpc) is 2.59. The zero-order valence-electron chi connectivity index (χ0n) is 8.54. The first-order valence-electron chi connectivity index (χ1n) is 4.96. The fourth-order valence-electron chi connectivity index (χ4n) is 1.73. The van der Waals surface area contributed by atoms with Gasteiger partial charge in [-0.1, -0.05) is 0 Å². The Labute approximate surface area is 91.1 Å². The number of hydrogen-bond donors (Lipinski definition) is 4. The summed E-state index contributed by atoms with van der Waals surface area (Å²) in [5, 5.41) is 18.4. The molecule has 7 heteroatoms. The van der Waals surface area contributed by atoms with E-state index in [2.05, 4.69) is 4.98 Å². The highest BCUT2D eigenvalue weighted by molar-refractivity contribution is 5.21. The molecule has 0 spiro atoms. The van der Waals surface area contributed by atoms with Gasteiger partial charge in [0.25, 0.3) is 0 Å². The van der Waals surface area contributed by atoms with Crippen LogP contribution in [0.5, 0.6) is 0 Å². The molecular formula is C9H14N3O4+. The second-order valence-electron chi connectivity index (χ2n) is 3.72. The minimum absolute atomic E-state index is 0.263. The standard InChI is InChI=1S/C9H13N3O4/c10-7-1-2-12(9(15)11-7)8-3-5(14)6(4-13)16-8/h1-2,5-6,8,13-14H,3-4H2,(H2,10,11,15)/p+1. The van der Waals surface area contributed by atoms with Gasteiger partial charge in [-0.3, -0.25) is 0 Å². The molecule has 1 aliphatic heterocycles. The minimum Gasteiger partial charge on any atom is -0.394 e. The summed E-state index contributed by atoms with van der Waals surface area (Å²) in [6, 6.07) is 1.53. The molecule has 1 aromatic heterocycles. The molecule has 0 aliphatic carbocycles. The molecule has 0 radical (unpaired) electrons. The van der Waals surface area contributed by atoms with Crippen LogP contribution in [-0.4, -0.2) is 34.0 Å². The smallest absolute Gasteiger partial charge is 0.394 e. The van der Waals surface area contributed by atoms with Gasteiger partial charge in [-0.25, -0.2) is 0 Å². The predicted molar refractivity (Wildman–Crippen MR) is 53.3 cm³/mol. The molecule has 0 amide bonds. The molecule has 1 saturated heterocycles. The number of hydrogen-bond acceptors (Lipinski definition) is 5. The number of ether oxygens (including phenoxy) is 1. The predicted octanol–water partition coefficient (Wildman–Crippen LogP) is -2.11. The van der Waals surface area contributed by atoms with Crippen LogP contribution >= 0.6 is 0 Å². The molecule has 1 aromatic rings. The summed E-state index contributed by atoms with van der Waals surface area (Å²) >= 11 is 0. The van der Waals surface area contributed by atoms with Crippen LogP contribution in [0.15, 0.2) is 17.1 Å². The lowest BCUT2D eigenvalue weighted by atomic mass is 10.2. The number of anilines is 1. The number of nitrogens with one attached hydrogen (secondary N) is 1. The van der Waals surface area contributed by atoms with Crippen molar-refractivity contribution in [1.82, 2.24) is 4.98 Å². The van der Waals surface area contributed by atoms with Crippen molar-refractivity contribution >= 4 is 5.82 Å². The zero-order valence-corrected chi connectivity index (χ0v) is 8.54. The van der Waals surface area contributed by atoms with E-state index in [1.807, 2.05) is 0 Å².